The number of nitrogens with zero attached hydrogens (tertiary/aromatic N) is 1. The molecule has 0 bridgehead atoms. The fraction of sp³-hybridized carbons (Fsp3) is 0.111. The third-order valence-corrected chi connectivity index (χ3v) is 3.65. The Kier molecular flexibility index (Phi) is 4.44. The average Bonchev–Trinajstić information content (AvgIpc) is 2.96. The first-order chi connectivity index (χ1) is 11.1. The number of aryl methyl sites for hydroxylation is 1. The summed E-state index contributed by atoms with van der Waals surface area (Å²) in [5.74, 6) is -0.0255. The maximum Gasteiger partial charge on any atom is 0.344 e. The first-order valence-electron chi connectivity index (χ1n) is 7.08. The summed E-state index contributed by atoms with van der Waals surface area (Å²) in [6.45, 7) is 1.85. The molecule has 0 spiro atoms. The van der Waals surface area contributed by atoms with E-state index in [1.165, 1.54) is 0 Å². The van der Waals surface area contributed by atoms with Gasteiger partial charge in [-0.2, -0.15) is 0 Å². The Morgan fingerprint density at radius 3 is 2.52 bits per heavy atom. The summed E-state index contributed by atoms with van der Waals surface area (Å²) in [5, 5.41) is 4.62. The Labute approximate surface area is 138 Å². The van der Waals surface area contributed by atoms with Crippen LogP contribution in [0.15, 0.2) is 59.1 Å². The van der Waals surface area contributed by atoms with Crippen molar-refractivity contribution >= 4 is 17.6 Å². The van der Waals surface area contributed by atoms with Gasteiger partial charge in [0.15, 0.2) is 0 Å². The molecule has 4 nitrogen and oxygen atoms in total. The van der Waals surface area contributed by atoms with Crippen molar-refractivity contribution in [2.75, 3.05) is 0 Å². The molecule has 116 valence electrons. The van der Waals surface area contributed by atoms with Crippen molar-refractivity contribution < 1.29 is 14.1 Å². The number of halogens is 1. The van der Waals surface area contributed by atoms with E-state index >= 15 is 0 Å². The smallest absolute Gasteiger partial charge is 0.344 e. The van der Waals surface area contributed by atoms with Gasteiger partial charge in [0.1, 0.15) is 23.6 Å². The highest BCUT2D eigenvalue weighted by Crippen LogP contribution is 2.26. The van der Waals surface area contributed by atoms with Crippen molar-refractivity contribution in [2.24, 2.45) is 0 Å². The largest absolute Gasteiger partial charge is 0.457 e. The highest BCUT2D eigenvalue weighted by molar-refractivity contribution is 6.30. The van der Waals surface area contributed by atoms with Crippen LogP contribution in [-0.4, -0.2) is 11.1 Å². The van der Waals surface area contributed by atoms with Gasteiger partial charge in [0, 0.05) is 10.6 Å². The van der Waals surface area contributed by atoms with Crippen molar-refractivity contribution in [1.82, 2.24) is 5.16 Å². The molecule has 2 aromatic carbocycles. The Bertz CT molecular complexity index is 810. The number of aromatic nitrogens is 1. The van der Waals surface area contributed by atoms with E-state index in [0.29, 0.717) is 22.0 Å². The van der Waals surface area contributed by atoms with Gasteiger partial charge in [0.2, 0.25) is 0 Å². The van der Waals surface area contributed by atoms with Crippen molar-refractivity contribution in [1.29, 1.82) is 0 Å². The van der Waals surface area contributed by atoms with Crippen molar-refractivity contribution in [3.8, 4) is 11.3 Å². The Morgan fingerprint density at radius 2 is 1.83 bits per heavy atom. The Hall–Kier alpha value is -2.59. The molecule has 5 heteroatoms. The second kappa shape index (κ2) is 6.67. The summed E-state index contributed by atoms with van der Waals surface area (Å²) in [5.41, 5.74) is 2.51. The SMILES string of the molecule is Cc1onc(-c2ccccc2)c1C(=O)OCc1ccc(Cl)cc1. The number of ether oxygens (including phenoxy) is 1. The molecule has 0 saturated carbocycles. The standard InChI is InChI=1S/C18H14ClNO3/c1-12-16(17(20-23-12)14-5-3-2-4-6-14)18(21)22-11-13-7-9-15(19)10-8-13/h2-10H,11H2,1H3. The van der Waals surface area contributed by atoms with Crippen LogP contribution in [0.5, 0.6) is 0 Å². The van der Waals surface area contributed by atoms with Gasteiger partial charge in [-0.05, 0) is 24.6 Å². The van der Waals surface area contributed by atoms with Gasteiger partial charge in [-0.1, -0.05) is 59.2 Å². The van der Waals surface area contributed by atoms with Crippen molar-refractivity contribution in [3.63, 3.8) is 0 Å². The van der Waals surface area contributed by atoms with E-state index in [9.17, 15) is 4.79 Å². The van der Waals surface area contributed by atoms with Crippen LogP contribution in [0.1, 0.15) is 21.7 Å². The second-order valence-electron chi connectivity index (χ2n) is 5.03. The summed E-state index contributed by atoms with van der Waals surface area (Å²) in [7, 11) is 0. The van der Waals surface area contributed by atoms with Gasteiger partial charge in [0.05, 0.1) is 0 Å². The first-order valence-corrected chi connectivity index (χ1v) is 7.46. The molecule has 0 N–H and O–H groups in total. The van der Waals surface area contributed by atoms with Gasteiger partial charge in [-0.25, -0.2) is 4.79 Å². The van der Waals surface area contributed by atoms with Crippen LogP contribution in [0.3, 0.4) is 0 Å². The number of hydrogen-bond donors (Lipinski definition) is 0. The maximum atomic E-state index is 12.4. The summed E-state index contributed by atoms with van der Waals surface area (Å²) in [4.78, 5) is 12.4. The molecule has 0 aliphatic rings. The van der Waals surface area contributed by atoms with Gasteiger partial charge in [-0.3, -0.25) is 0 Å². The highest BCUT2D eigenvalue weighted by Gasteiger charge is 2.22. The number of esters is 1. The van der Waals surface area contributed by atoms with Crippen LogP contribution in [0, 0.1) is 6.92 Å². The van der Waals surface area contributed by atoms with Crippen LogP contribution in [0.2, 0.25) is 5.02 Å². The van der Waals surface area contributed by atoms with Gasteiger partial charge < -0.3 is 9.26 Å². The maximum absolute atomic E-state index is 12.4. The topological polar surface area (TPSA) is 52.3 Å². The monoisotopic (exact) mass is 327 g/mol. The fourth-order valence-electron chi connectivity index (χ4n) is 2.21. The fourth-order valence-corrected chi connectivity index (χ4v) is 2.33. The number of rotatable bonds is 4. The summed E-state index contributed by atoms with van der Waals surface area (Å²) in [6.07, 6.45) is 0. The van der Waals surface area contributed by atoms with Crippen LogP contribution >= 0.6 is 11.6 Å². The van der Waals surface area contributed by atoms with E-state index in [4.69, 9.17) is 20.9 Å². The van der Waals surface area contributed by atoms with Crippen LogP contribution < -0.4 is 0 Å². The van der Waals surface area contributed by atoms with Crippen LogP contribution in [-0.2, 0) is 11.3 Å². The van der Waals surface area contributed by atoms with Gasteiger partial charge in [0.25, 0.3) is 0 Å². The quantitative estimate of drug-likeness (QED) is 0.654. The van der Waals surface area contributed by atoms with Gasteiger partial charge in [-0.15, -0.1) is 0 Å². The zero-order chi connectivity index (χ0) is 16.2. The number of carbonyl (C=O) groups excluding carboxylic acids is 1. The molecule has 1 heterocycles. The lowest BCUT2D eigenvalue weighted by atomic mass is 10.1. The summed E-state index contributed by atoms with van der Waals surface area (Å²) >= 11 is 5.84. The lowest BCUT2D eigenvalue weighted by Crippen LogP contribution is -2.07. The number of carbonyl (C=O) groups is 1. The first kappa shape index (κ1) is 15.3. The normalized spacial score (nSPS) is 10.5. The summed E-state index contributed by atoms with van der Waals surface area (Å²) < 4.78 is 10.5. The molecular weight excluding hydrogens is 314 g/mol. The zero-order valence-corrected chi connectivity index (χ0v) is 13.2. The molecule has 23 heavy (non-hydrogen) atoms. The summed E-state index contributed by atoms with van der Waals surface area (Å²) in [6, 6.07) is 16.5. The third kappa shape index (κ3) is 3.43. The molecule has 0 amide bonds. The number of hydrogen-bond acceptors (Lipinski definition) is 4. The average molecular weight is 328 g/mol. The molecule has 0 atom stereocenters. The van der Waals surface area contributed by atoms with E-state index in [0.717, 1.165) is 11.1 Å². The predicted molar refractivity (Wildman–Crippen MR) is 87.2 cm³/mol. The molecule has 0 radical (unpaired) electrons. The van der Waals surface area contributed by atoms with E-state index in [-0.39, 0.29) is 6.61 Å². The van der Waals surface area contributed by atoms with Crippen LogP contribution in [0.25, 0.3) is 11.3 Å². The minimum absolute atomic E-state index is 0.162. The molecule has 1 aromatic heterocycles. The van der Waals surface area contributed by atoms with E-state index in [1.807, 2.05) is 42.5 Å². The van der Waals surface area contributed by atoms with Gasteiger partial charge >= 0.3 is 5.97 Å². The Morgan fingerprint density at radius 1 is 1.13 bits per heavy atom. The van der Waals surface area contributed by atoms with E-state index in [2.05, 4.69) is 5.16 Å². The van der Waals surface area contributed by atoms with Crippen LogP contribution in [0.4, 0.5) is 0 Å². The molecule has 3 aromatic rings. The van der Waals surface area contributed by atoms with E-state index in [1.54, 1.807) is 19.1 Å². The minimum atomic E-state index is -0.461. The highest BCUT2D eigenvalue weighted by atomic mass is 35.5. The van der Waals surface area contributed by atoms with Crippen molar-refractivity contribution in [3.05, 3.63) is 76.5 Å². The van der Waals surface area contributed by atoms with Crippen molar-refractivity contribution in [2.45, 2.75) is 13.5 Å². The molecule has 0 aliphatic heterocycles. The second-order valence-corrected chi connectivity index (χ2v) is 5.47. The molecule has 0 fully saturated rings. The molecule has 0 unspecified atom stereocenters. The predicted octanol–water partition coefficient (Wildman–Crippen LogP) is 4.66. The lowest BCUT2D eigenvalue weighted by molar-refractivity contribution is 0.0471. The molecule has 0 aliphatic carbocycles. The third-order valence-electron chi connectivity index (χ3n) is 3.40. The lowest BCUT2D eigenvalue weighted by Gasteiger charge is -2.05. The van der Waals surface area contributed by atoms with E-state index < -0.39 is 5.97 Å². The zero-order valence-electron chi connectivity index (χ0n) is 12.5. The number of benzene rings is 2. The molecular formula is C18H14ClNO3. The molecule has 0 saturated heterocycles. The minimum Gasteiger partial charge on any atom is -0.457 e. The molecule has 3 rings (SSSR count). The Balaban J connectivity index is 1.80.